The Bertz CT molecular complexity index is 535. The molecule has 2 aliphatic carbocycles. The summed E-state index contributed by atoms with van der Waals surface area (Å²) >= 11 is 0. The predicted octanol–water partition coefficient (Wildman–Crippen LogP) is 1.31. The van der Waals surface area contributed by atoms with Gasteiger partial charge in [0.2, 0.25) is 5.91 Å². The molecule has 1 saturated heterocycles. The molecule has 0 spiro atoms. The van der Waals surface area contributed by atoms with E-state index in [-0.39, 0.29) is 29.6 Å². The van der Waals surface area contributed by atoms with Gasteiger partial charge in [-0.25, -0.2) is 0 Å². The van der Waals surface area contributed by atoms with Crippen LogP contribution in [-0.4, -0.2) is 47.5 Å². The summed E-state index contributed by atoms with van der Waals surface area (Å²) in [6.07, 6.45) is 5.91. The lowest BCUT2D eigenvalue weighted by atomic mass is 9.81. The largest absolute Gasteiger partial charge is 0.481 e. The Morgan fingerprint density at radius 2 is 1.74 bits per heavy atom. The number of rotatable bonds is 4. The number of fused-ring (bicyclic) bond motifs is 2. The van der Waals surface area contributed by atoms with Crippen molar-refractivity contribution in [1.29, 1.82) is 0 Å². The van der Waals surface area contributed by atoms with Crippen molar-refractivity contribution in [3.05, 3.63) is 12.2 Å². The summed E-state index contributed by atoms with van der Waals surface area (Å²) < 4.78 is 5.04. The molecule has 0 aromatic rings. The highest BCUT2D eigenvalue weighted by molar-refractivity contribution is 5.87. The molecule has 1 saturated carbocycles. The first-order chi connectivity index (χ1) is 11.0. The van der Waals surface area contributed by atoms with E-state index in [4.69, 9.17) is 4.74 Å². The third-order valence-electron chi connectivity index (χ3n) is 5.46. The van der Waals surface area contributed by atoms with E-state index in [1.807, 2.05) is 12.2 Å². The van der Waals surface area contributed by atoms with Crippen LogP contribution < -0.4 is 0 Å². The van der Waals surface area contributed by atoms with E-state index in [0.29, 0.717) is 32.5 Å². The molecule has 6 nitrogen and oxygen atoms in total. The number of ether oxygens (including phenoxy) is 1. The number of esters is 1. The first kappa shape index (κ1) is 16.0. The molecule has 0 radical (unpaired) electrons. The van der Waals surface area contributed by atoms with E-state index in [9.17, 15) is 19.5 Å². The molecule has 23 heavy (non-hydrogen) atoms. The van der Waals surface area contributed by atoms with Crippen molar-refractivity contribution in [3.8, 4) is 0 Å². The van der Waals surface area contributed by atoms with Gasteiger partial charge in [-0.15, -0.1) is 0 Å². The Morgan fingerprint density at radius 3 is 2.30 bits per heavy atom. The number of carbonyl (C=O) groups is 3. The number of likely N-dealkylation sites (tertiary alicyclic amines) is 1. The molecule has 2 bridgehead atoms. The van der Waals surface area contributed by atoms with Crippen molar-refractivity contribution in [2.24, 2.45) is 29.6 Å². The molecule has 0 aromatic heterocycles. The van der Waals surface area contributed by atoms with Gasteiger partial charge >= 0.3 is 11.9 Å². The minimum atomic E-state index is -0.874. The van der Waals surface area contributed by atoms with Crippen molar-refractivity contribution in [3.63, 3.8) is 0 Å². The van der Waals surface area contributed by atoms with Crippen LogP contribution in [0.2, 0.25) is 0 Å². The smallest absolute Gasteiger partial charge is 0.309 e. The van der Waals surface area contributed by atoms with E-state index in [1.54, 1.807) is 11.8 Å². The number of aliphatic carboxylic acids is 1. The third kappa shape index (κ3) is 2.86. The van der Waals surface area contributed by atoms with Crippen molar-refractivity contribution in [2.75, 3.05) is 19.7 Å². The Kier molecular flexibility index (Phi) is 4.41. The van der Waals surface area contributed by atoms with Crippen molar-refractivity contribution >= 4 is 17.8 Å². The fraction of sp³-hybridized carbons (Fsp3) is 0.706. The maximum absolute atomic E-state index is 12.8. The molecule has 4 unspecified atom stereocenters. The van der Waals surface area contributed by atoms with Gasteiger partial charge in [-0.3, -0.25) is 14.4 Å². The maximum atomic E-state index is 12.8. The second kappa shape index (κ2) is 6.34. The normalized spacial score (nSPS) is 33.0. The summed E-state index contributed by atoms with van der Waals surface area (Å²) in [5.41, 5.74) is 0. The summed E-state index contributed by atoms with van der Waals surface area (Å²) in [4.78, 5) is 37.9. The molecule has 2 fully saturated rings. The van der Waals surface area contributed by atoms with Gasteiger partial charge in [0.15, 0.2) is 0 Å². The van der Waals surface area contributed by atoms with Gasteiger partial charge in [0.1, 0.15) is 0 Å². The van der Waals surface area contributed by atoms with Crippen molar-refractivity contribution in [1.82, 2.24) is 4.90 Å². The van der Waals surface area contributed by atoms with Gasteiger partial charge in [0.25, 0.3) is 0 Å². The minimum absolute atomic E-state index is 0.0106. The Balaban J connectivity index is 1.62. The Labute approximate surface area is 135 Å². The second-order valence-electron chi connectivity index (χ2n) is 6.69. The summed E-state index contributed by atoms with van der Waals surface area (Å²) in [5.74, 6) is -2.26. The van der Waals surface area contributed by atoms with Crippen molar-refractivity contribution in [2.45, 2.75) is 26.2 Å². The molecule has 126 valence electrons. The van der Waals surface area contributed by atoms with Crippen LogP contribution in [-0.2, 0) is 19.1 Å². The lowest BCUT2D eigenvalue weighted by Crippen LogP contribution is -2.47. The predicted molar refractivity (Wildman–Crippen MR) is 81.3 cm³/mol. The summed E-state index contributed by atoms with van der Waals surface area (Å²) in [7, 11) is 0. The lowest BCUT2D eigenvalue weighted by Gasteiger charge is -2.35. The van der Waals surface area contributed by atoms with E-state index in [2.05, 4.69) is 0 Å². The minimum Gasteiger partial charge on any atom is -0.481 e. The number of hydrogen-bond donors (Lipinski definition) is 1. The van der Waals surface area contributed by atoms with Crippen LogP contribution in [0.3, 0.4) is 0 Å². The molecule has 4 atom stereocenters. The van der Waals surface area contributed by atoms with E-state index >= 15 is 0 Å². The zero-order chi connectivity index (χ0) is 16.6. The van der Waals surface area contributed by atoms with E-state index in [0.717, 1.165) is 6.42 Å². The molecular formula is C17H23NO5. The zero-order valence-electron chi connectivity index (χ0n) is 13.3. The highest BCUT2D eigenvalue weighted by Crippen LogP contribution is 2.49. The number of carboxylic acids is 1. The number of carboxylic acid groups (broad SMARTS) is 1. The molecule has 6 heteroatoms. The number of allylic oxidation sites excluding steroid dienone is 2. The molecule has 1 heterocycles. The lowest BCUT2D eigenvalue weighted by molar-refractivity contribution is -0.154. The first-order valence-electron chi connectivity index (χ1n) is 8.39. The average molecular weight is 321 g/mol. The SMILES string of the molecule is CCOC(=O)C1CCN(C(=O)C2C3C=CC(C3)C2C(=O)O)CC1. The highest BCUT2D eigenvalue weighted by Gasteiger charge is 2.52. The molecule has 1 aliphatic heterocycles. The summed E-state index contributed by atoms with van der Waals surface area (Å²) in [5, 5.41) is 9.46. The molecule has 0 aromatic carbocycles. The molecule has 1 amide bonds. The standard InChI is InChI=1S/C17H23NO5/c1-2-23-17(22)10-5-7-18(8-6-10)15(19)13-11-3-4-12(9-11)14(13)16(20)21/h3-4,10-14H,2,5-9H2,1H3,(H,20,21). The fourth-order valence-electron chi connectivity index (χ4n) is 4.30. The van der Waals surface area contributed by atoms with Gasteiger partial charge < -0.3 is 14.7 Å². The Hall–Kier alpha value is -1.85. The van der Waals surface area contributed by atoms with Crippen LogP contribution in [0.1, 0.15) is 26.2 Å². The van der Waals surface area contributed by atoms with E-state index < -0.39 is 17.8 Å². The van der Waals surface area contributed by atoms with E-state index in [1.165, 1.54) is 0 Å². The Morgan fingerprint density at radius 1 is 1.13 bits per heavy atom. The second-order valence-corrected chi connectivity index (χ2v) is 6.69. The molecule has 3 aliphatic rings. The van der Waals surface area contributed by atoms with Gasteiger partial charge in [0.05, 0.1) is 24.4 Å². The van der Waals surface area contributed by atoms with Crippen LogP contribution in [0.5, 0.6) is 0 Å². The first-order valence-corrected chi connectivity index (χ1v) is 8.39. The average Bonchev–Trinajstić information content (AvgIpc) is 3.15. The maximum Gasteiger partial charge on any atom is 0.309 e. The summed E-state index contributed by atoms with van der Waals surface area (Å²) in [6, 6.07) is 0. The van der Waals surface area contributed by atoms with Gasteiger partial charge in [-0.1, -0.05) is 12.2 Å². The van der Waals surface area contributed by atoms with Crippen LogP contribution in [0.25, 0.3) is 0 Å². The van der Waals surface area contributed by atoms with Crippen LogP contribution in [0.15, 0.2) is 12.2 Å². The van der Waals surface area contributed by atoms with Gasteiger partial charge in [-0.2, -0.15) is 0 Å². The quantitative estimate of drug-likeness (QED) is 0.623. The van der Waals surface area contributed by atoms with Gasteiger partial charge in [0, 0.05) is 13.1 Å². The van der Waals surface area contributed by atoms with Gasteiger partial charge in [-0.05, 0) is 38.0 Å². The topological polar surface area (TPSA) is 83.9 Å². The van der Waals surface area contributed by atoms with Crippen LogP contribution in [0.4, 0.5) is 0 Å². The highest BCUT2D eigenvalue weighted by atomic mass is 16.5. The molecule has 3 rings (SSSR count). The molecule has 1 N–H and O–H groups in total. The third-order valence-corrected chi connectivity index (χ3v) is 5.46. The number of hydrogen-bond acceptors (Lipinski definition) is 4. The number of nitrogens with zero attached hydrogens (tertiary/aromatic N) is 1. The van der Waals surface area contributed by atoms with Crippen molar-refractivity contribution < 1.29 is 24.2 Å². The zero-order valence-corrected chi connectivity index (χ0v) is 13.3. The van der Waals surface area contributed by atoms with Crippen LogP contribution in [0, 0.1) is 29.6 Å². The number of carbonyl (C=O) groups excluding carboxylic acids is 2. The molecular weight excluding hydrogens is 298 g/mol. The fourth-order valence-corrected chi connectivity index (χ4v) is 4.30. The number of piperidine rings is 1. The monoisotopic (exact) mass is 321 g/mol. The summed E-state index contributed by atoms with van der Waals surface area (Å²) in [6.45, 7) is 3.17. The van der Waals surface area contributed by atoms with Crippen LogP contribution >= 0.6 is 0 Å². The number of amides is 1.